The van der Waals surface area contributed by atoms with Gasteiger partial charge in [-0.2, -0.15) is 5.10 Å². The molecule has 0 unspecified atom stereocenters. The molecule has 0 saturated carbocycles. The highest BCUT2D eigenvalue weighted by atomic mass is 79.9. The fraction of sp³-hybridized carbons (Fsp3) is 0.125. The van der Waals surface area contributed by atoms with Gasteiger partial charge in [-0.1, -0.05) is 28.1 Å². The number of nitrogens with zero attached hydrogens (tertiary/aromatic N) is 1. The van der Waals surface area contributed by atoms with E-state index in [1.165, 1.54) is 13.3 Å². The van der Waals surface area contributed by atoms with Gasteiger partial charge in [0.1, 0.15) is 11.5 Å². The van der Waals surface area contributed by atoms with Crippen LogP contribution in [0.15, 0.2) is 52.0 Å². The van der Waals surface area contributed by atoms with Gasteiger partial charge in [0.15, 0.2) is 0 Å². The SMILES string of the molecule is COc1ccc(Br)cc1C=NNC(=O)c1ccccc1OC. The van der Waals surface area contributed by atoms with Gasteiger partial charge in [0.05, 0.1) is 26.0 Å². The number of carbonyl (C=O) groups is 1. The summed E-state index contributed by atoms with van der Waals surface area (Å²) in [4.78, 5) is 12.1. The van der Waals surface area contributed by atoms with E-state index in [2.05, 4.69) is 26.5 Å². The Hall–Kier alpha value is -2.34. The molecule has 0 atom stereocenters. The first kappa shape index (κ1) is 16.0. The van der Waals surface area contributed by atoms with E-state index in [0.717, 1.165) is 10.0 Å². The Morgan fingerprint density at radius 2 is 1.86 bits per heavy atom. The molecule has 1 N–H and O–H groups in total. The Morgan fingerprint density at radius 3 is 2.59 bits per heavy atom. The van der Waals surface area contributed by atoms with E-state index in [0.29, 0.717) is 17.1 Å². The molecule has 0 radical (unpaired) electrons. The third kappa shape index (κ3) is 3.85. The third-order valence-corrected chi connectivity index (χ3v) is 3.41. The summed E-state index contributed by atoms with van der Waals surface area (Å²) in [7, 11) is 3.09. The van der Waals surface area contributed by atoms with Gasteiger partial charge in [-0.15, -0.1) is 0 Å². The summed E-state index contributed by atoms with van der Waals surface area (Å²) < 4.78 is 11.3. The monoisotopic (exact) mass is 362 g/mol. The topological polar surface area (TPSA) is 59.9 Å². The smallest absolute Gasteiger partial charge is 0.275 e. The maximum atomic E-state index is 12.1. The molecule has 0 aliphatic heterocycles. The third-order valence-electron chi connectivity index (χ3n) is 2.91. The van der Waals surface area contributed by atoms with E-state index in [9.17, 15) is 4.79 Å². The number of benzene rings is 2. The number of methoxy groups -OCH3 is 2. The van der Waals surface area contributed by atoms with E-state index in [-0.39, 0.29) is 5.91 Å². The summed E-state index contributed by atoms with van der Waals surface area (Å²) in [5.41, 5.74) is 3.64. The summed E-state index contributed by atoms with van der Waals surface area (Å²) >= 11 is 3.38. The molecule has 2 rings (SSSR count). The molecule has 0 aliphatic rings. The summed E-state index contributed by atoms with van der Waals surface area (Å²) in [6, 6.07) is 12.5. The largest absolute Gasteiger partial charge is 0.496 e. The molecule has 0 aliphatic carbocycles. The second kappa shape index (κ2) is 7.61. The first-order valence-corrected chi connectivity index (χ1v) is 7.25. The van der Waals surface area contributed by atoms with Crippen LogP contribution in [0.2, 0.25) is 0 Å². The predicted molar refractivity (Wildman–Crippen MR) is 88.7 cm³/mol. The van der Waals surface area contributed by atoms with Crippen molar-refractivity contribution in [1.29, 1.82) is 0 Å². The number of hydrogen-bond acceptors (Lipinski definition) is 4. The minimum atomic E-state index is -0.345. The highest BCUT2D eigenvalue weighted by Gasteiger charge is 2.10. The fourth-order valence-electron chi connectivity index (χ4n) is 1.86. The molecular weight excluding hydrogens is 348 g/mol. The molecule has 1 amide bonds. The van der Waals surface area contributed by atoms with Gasteiger partial charge < -0.3 is 9.47 Å². The molecule has 0 heterocycles. The highest BCUT2D eigenvalue weighted by molar-refractivity contribution is 9.10. The average Bonchev–Trinajstić information content (AvgIpc) is 2.55. The lowest BCUT2D eigenvalue weighted by molar-refractivity contribution is 0.0952. The van der Waals surface area contributed by atoms with Crippen molar-refractivity contribution in [3.63, 3.8) is 0 Å². The Bertz CT molecular complexity index is 702. The van der Waals surface area contributed by atoms with Crippen LogP contribution in [-0.4, -0.2) is 26.3 Å². The zero-order chi connectivity index (χ0) is 15.9. The van der Waals surface area contributed by atoms with E-state index in [4.69, 9.17) is 9.47 Å². The molecule has 5 nitrogen and oxygen atoms in total. The van der Waals surface area contributed by atoms with Gasteiger partial charge in [-0.05, 0) is 30.3 Å². The molecule has 2 aromatic carbocycles. The van der Waals surface area contributed by atoms with Crippen LogP contribution in [0.3, 0.4) is 0 Å². The molecular formula is C16H15BrN2O3. The Balaban J connectivity index is 2.12. The summed E-state index contributed by atoms with van der Waals surface area (Å²) in [6.07, 6.45) is 1.52. The second-order valence-electron chi connectivity index (χ2n) is 4.29. The lowest BCUT2D eigenvalue weighted by Crippen LogP contribution is -2.18. The lowest BCUT2D eigenvalue weighted by Gasteiger charge is -2.07. The Kier molecular flexibility index (Phi) is 5.55. The number of hydrazone groups is 1. The van der Waals surface area contributed by atoms with Crippen molar-refractivity contribution in [2.45, 2.75) is 0 Å². The summed E-state index contributed by atoms with van der Waals surface area (Å²) in [5.74, 6) is 0.816. The minimum Gasteiger partial charge on any atom is -0.496 e. The van der Waals surface area contributed by atoms with Crippen LogP contribution >= 0.6 is 15.9 Å². The van der Waals surface area contributed by atoms with Crippen LogP contribution in [0.4, 0.5) is 0 Å². The van der Waals surface area contributed by atoms with E-state index >= 15 is 0 Å². The molecule has 2 aromatic rings. The molecule has 0 bridgehead atoms. The van der Waals surface area contributed by atoms with Crippen molar-refractivity contribution in [3.05, 3.63) is 58.1 Å². The molecule has 22 heavy (non-hydrogen) atoms. The number of hydrogen-bond donors (Lipinski definition) is 1. The maximum absolute atomic E-state index is 12.1. The lowest BCUT2D eigenvalue weighted by atomic mass is 10.2. The number of nitrogens with one attached hydrogen (secondary N) is 1. The van der Waals surface area contributed by atoms with Crippen molar-refractivity contribution in [2.75, 3.05) is 14.2 Å². The molecule has 0 aromatic heterocycles. The molecule has 114 valence electrons. The van der Waals surface area contributed by atoms with Crippen molar-refractivity contribution in [3.8, 4) is 11.5 Å². The zero-order valence-electron chi connectivity index (χ0n) is 12.2. The quantitative estimate of drug-likeness (QED) is 0.656. The van der Waals surface area contributed by atoms with Gasteiger partial charge >= 0.3 is 0 Å². The first-order chi connectivity index (χ1) is 10.7. The maximum Gasteiger partial charge on any atom is 0.275 e. The number of rotatable bonds is 5. The van der Waals surface area contributed by atoms with E-state index in [1.807, 2.05) is 18.2 Å². The number of ether oxygens (including phenoxy) is 2. The number of para-hydroxylation sites is 1. The molecule has 0 spiro atoms. The Labute approximate surface area is 137 Å². The van der Waals surface area contributed by atoms with Crippen LogP contribution in [0.25, 0.3) is 0 Å². The van der Waals surface area contributed by atoms with E-state index in [1.54, 1.807) is 31.4 Å². The van der Waals surface area contributed by atoms with Gasteiger partial charge in [0.25, 0.3) is 5.91 Å². The standard InChI is InChI=1S/C16H15BrN2O3/c1-21-14-8-7-12(17)9-11(14)10-18-19-16(20)13-5-3-4-6-15(13)22-2/h3-10H,1-2H3,(H,19,20). The molecule has 0 saturated heterocycles. The highest BCUT2D eigenvalue weighted by Crippen LogP contribution is 2.21. The summed E-state index contributed by atoms with van der Waals surface area (Å²) in [5, 5.41) is 3.96. The van der Waals surface area contributed by atoms with Crippen LogP contribution < -0.4 is 14.9 Å². The normalized spacial score (nSPS) is 10.5. The minimum absolute atomic E-state index is 0.345. The van der Waals surface area contributed by atoms with Crippen molar-refractivity contribution < 1.29 is 14.3 Å². The molecule has 6 heteroatoms. The fourth-order valence-corrected chi connectivity index (χ4v) is 2.24. The van der Waals surface area contributed by atoms with Crippen molar-refractivity contribution >= 4 is 28.1 Å². The van der Waals surface area contributed by atoms with Gasteiger partial charge in [0.2, 0.25) is 0 Å². The zero-order valence-corrected chi connectivity index (χ0v) is 13.8. The second-order valence-corrected chi connectivity index (χ2v) is 5.20. The van der Waals surface area contributed by atoms with Gasteiger partial charge in [0, 0.05) is 10.0 Å². The predicted octanol–water partition coefficient (Wildman–Crippen LogP) is 3.23. The number of halogens is 1. The van der Waals surface area contributed by atoms with Crippen molar-refractivity contribution in [1.82, 2.24) is 5.43 Å². The average molecular weight is 363 g/mol. The van der Waals surface area contributed by atoms with Crippen LogP contribution in [-0.2, 0) is 0 Å². The first-order valence-electron chi connectivity index (χ1n) is 6.45. The number of carbonyl (C=O) groups excluding carboxylic acids is 1. The van der Waals surface area contributed by atoms with Gasteiger partial charge in [-0.3, -0.25) is 4.79 Å². The van der Waals surface area contributed by atoms with E-state index < -0.39 is 0 Å². The van der Waals surface area contributed by atoms with Crippen LogP contribution in [0, 0.1) is 0 Å². The molecule has 0 fully saturated rings. The van der Waals surface area contributed by atoms with Crippen LogP contribution in [0.1, 0.15) is 15.9 Å². The number of amides is 1. The van der Waals surface area contributed by atoms with Crippen LogP contribution in [0.5, 0.6) is 11.5 Å². The Morgan fingerprint density at radius 1 is 1.14 bits per heavy atom. The van der Waals surface area contributed by atoms with Crippen molar-refractivity contribution in [2.24, 2.45) is 5.10 Å². The summed E-state index contributed by atoms with van der Waals surface area (Å²) in [6.45, 7) is 0. The van der Waals surface area contributed by atoms with Gasteiger partial charge in [-0.25, -0.2) is 5.43 Å².